The molecule has 5 heteroatoms. The summed E-state index contributed by atoms with van der Waals surface area (Å²) in [4.78, 5) is 0. The van der Waals surface area contributed by atoms with Crippen molar-refractivity contribution in [3.8, 4) is 5.75 Å². The Labute approximate surface area is 115 Å². The van der Waals surface area contributed by atoms with Crippen LogP contribution in [0.2, 0.25) is 0 Å². The Morgan fingerprint density at radius 2 is 2.16 bits per heavy atom. The third-order valence-corrected chi connectivity index (χ3v) is 4.54. The van der Waals surface area contributed by atoms with Gasteiger partial charge in [-0.3, -0.25) is 0 Å². The van der Waals surface area contributed by atoms with Crippen LogP contribution >= 0.6 is 0 Å². The fraction of sp³-hybridized carbons (Fsp3) is 0.429. The number of nitrogen functional groups attached to an aromatic ring is 1. The summed E-state index contributed by atoms with van der Waals surface area (Å²) in [6.45, 7) is 5.72. The maximum Gasteiger partial charge on any atom is 0.150 e. The molecule has 0 radical (unpaired) electrons. The molecule has 0 saturated carbocycles. The molecular formula is C14H21NO3S. The van der Waals surface area contributed by atoms with Gasteiger partial charge in [0.05, 0.1) is 12.4 Å². The van der Waals surface area contributed by atoms with Gasteiger partial charge < -0.3 is 10.5 Å². The maximum atomic E-state index is 11.3. The molecule has 4 nitrogen and oxygen atoms in total. The van der Waals surface area contributed by atoms with Crippen molar-refractivity contribution in [3.05, 3.63) is 36.4 Å². The van der Waals surface area contributed by atoms with Gasteiger partial charge >= 0.3 is 0 Å². The number of ether oxygens (including phenoxy) is 1. The Morgan fingerprint density at radius 1 is 1.42 bits per heavy atom. The molecule has 0 saturated heterocycles. The van der Waals surface area contributed by atoms with Crippen LogP contribution in [0, 0.1) is 0 Å². The van der Waals surface area contributed by atoms with Gasteiger partial charge in [-0.1, -0.05) is 13.0 Å². The third-order valence-electron chi connectivity index (χ3n) is 2.75. The lowest BCUT2D eigenvalue weighted by molar-refractivity contribution is 0.315. The molecule has 0 spiro atoms. The number of anilines is 1. The Bertz CT molecular complexity index is 523. The molecule has 19 heavy (non-hydrogen) atoms. The summed E-state index contributed by atoms with van der Waals surface area (Å²) < 4.78 is 28.3. The Hall–Kier alpha value is -1.49. The van der Waals surface area contributed by atoms with Crippen LogP contribution in [0.1, 0.15) is 18.9 Å². The van der Waals surface area contributed by atoms with E-state index in [-0.39, 0.29) is 11.5 Å². The highest BCUT2D eigenvalue weighted by Crippen LogP contribution is 2.22. The van der Waals surface area contributed by atoms with E-state index in [1.807, 2.05) is 12.1 Å². The van der Waals surface area contributed by atoms with Crippen LogP contribution in [0.5, 0.6) is 5.75 Å². The van der Waals surface area contributed by atoms with Crippen molar-refractivity contribution in [2.45, 2.75) is 19.8 Å². The normalized spacial score (nSPS) is 11.2. The lowest BCUT2D eigenvalue weighted by atomic mass is 10.1. The van der Waals surface area contributed by atoms with Crippen LogP contribution in [0.25, 0.3) is 0 Å². The van der Waals surface area contributed by atoms with Crippen LogP contribution in [0.15, 0.2) is 30.9 Å². The molecule has 0 aliphatic rings. The lowest BCUT2D eigenvalue weighted by Crippen LogP contribution is -2.12. The molecule has 106 valence electrons. The van der Waals surface area contributed by atoms with Gasteiger partial charge in [0.1, 0.15) is 15.6 Å². The highest BCUT2D eigenvalue weighted by molar-refractivity contribution is 7.91. The van der Waals surface area contributed by atoms with Crippen molar-refractivity contribution >= 4 is 15.5 Å². The molecule has 0 heterocycles. The van der Waals surface area contributed by atoms with E-state index in [0.717, 1.165) is 11.3 Å². The van der Waals surface area contributed by atoms with Crippen molar-refractivity contribution in [1.82, 2.24) is 0 Å². The molecule has 0 aliphatic carbocycles. The van der Waals surface area contributed by atoms with E-state index in [1.54, 1.807) is 19.1 Å². The second-order valence-corrected chi connectivity index (χ2v) is 6.77. The summed E-state index contributed by atoms with van der Waals surface area (Å²) in [5.41, 5.74) is 7.36. The number of allylic oxidation sites excluding steroid dienone is 1. The summed E-state index contributed by atoms with van der Waals surface area (Å²) in [7, 11) is -2.92. The Balaban J connectivity index is 2.55. The highest BCUT2D eigenvalue weighted by Gasteiger charge is 2.08. The maximum absolute atomic E-state index is 11.3. The Morgan fingerprint density at radius 3 is 2.79 bits per heavy atom. The molecule has 1 rings (SSSR count). The first kappa shape index (κ1) is 15.6. The molecule has 0 atom stereocenters. The smallest absolute Gasteiger partial charge is 0.150 e. The van der Waals surface area contributed by atoms with Gasteiger partial charge in [-0.05, 0) is 36.6 Å². The van der Waals surface area contributed by atoms with E-state index in [2.05, 4.69) is 6.58 Å². The second kappa shape index (κ2) is 7.19. The van der Waals surface area contributed by atoms with Gasteiger partial charge in [-0.15, -0.1) is 6.58 Å². The van der Waals surface area contributed by atoms with Gasteiger partial charge in [-0.25, -0.2) is 8.42 Å². The molecule has 0 fully saturated rings. The molecule has 0 bridgehead atoms. The summed E-state index contributed by atoms with van der Waals surface area (Å²) >= 11 is 0. The standard InChI is InChI=1S/C14H21NO3S/c1-3-6-12-11-13(15)7-8-14(12)18-9-5-10-19(16,17)4-2/h3,7-8,11H,1,4-6,9-10,15H2,2H3. The molecule has 2 N–H and O–H groups in total. The molecular weight excluding hydrogens is 262 g/mol. The zero-order valence-electron chi connectivity index (χ0n) is 11.3. The van der Waals surface area contributed by atoms with Crippen molar-refractivity contribution in [2.75, 3.05) is 23.8 Å². The first-order chi connectivity index (χ1) is 8.98. The third kappa shape index (κ3) is 5.34. The van der Waals surface area contributed by atoms with Crippen molar-refractivity contribution in [1.29, 1.82) is 0 Å². The largest absolute Gasteiger partial charge is 0.493 e. The summed E-state index contributed by atoms with van der Waals surface area (Å²) in [5.74, 6) is 1.08. The zero-order chi connectivity index (χ0) is 14.3. The monoisotopic (exact) mass is 283 g/mol. The van der Waals surface area contributed by atoms with Crippen molar-refractivity contribution in [3.63, 3.8) is 0 Å². The van der Waals surface area contributed by atoms with E-state index in [4.69, 9.17) is 10.5 Å². The minimum atomic E-state index is -2.92. The second-order valence-electron chi connectivity index (χ2n) is 4.30. The summed E-state index contributed by atoms with van der Waals surface area (Å²) in [6, 6.07) is 5.42. The molecule has 1 aromatic rings. The topological polar surface area (TPSA) is 69.4 Å². The summed E-state index contributed by atoms with van der Waals surface area (Å²) in [5, 5.41) is 0. The van der Waals surface area contributed by atoms with Crippen LogP contribution in [-0.2, 0) is 16.3 Å². The number of benzene rings is 1. The number of hydrogen-bond donors (Lipinski definition) is 1. The van der Waals surface area contributed by atoms with Gasteiger partial charge in [0, 0.05) is 11.4 Å². The van der Waals surface area contributed by atoms with Gasteiger partial charge in [0.25, 0.3) is 0 Å². The number of sulfone groups is 1. The van der Waals surface area contributed by atoms with Crippen LogP contribution in [0.3, 0.4) is 0 Å². The predicted molar refractivity (Wildman–Crippen MR) is 79.2 cm³/mol. The minimum Gasteiger partial charge on any atom is -0.493 e. The van der Waals surface area contributed by atoms with E-state index >= 15 is 0 Å². The fourth-order valence-corrected chi connectivity index (χ4v) is 2.51. The van der Waals surface area contributed by atoms with Gasteiger partial charge in [0.15, 0.2) is 0 Å². The van der Waals surface area contributed by atoms with Gasteiger partial charge in [-0.2, -0.15) is 0 Å². The minimum absolute atomic E-state index is 0.162. The molecule has 0 aromatic heterocycles. The van der Waals surface area contributed by atoms with E-state index in [9.17, 15) is 8.42 Å². The van der Waals surface area contributed by atoms with E-state index in [0.29, 0.717) is 25.1 Å². The van der Waals surface area contributed by atoms with Crippen LogP contribution in [-0.4, -0.2) is 26.5 Å². The fourth-order valence-electron chi connectivity index (χ4n) is 1.66. The van der Waals surface area contributed by atoms with E-state index < -0.39 is 9.84 Å². The molecule has 0 amide bonds. The average molecular weight is 283 g/mol. The lowest BCUT2D eigenvalue weighted by Gasteiger charge is -2.11. The first-order valence-corrected chi connectivity index (χ1v) is 8.13. The van der Waals surface area contributed by atoms with Crippen molar-refractivity contribution < 1.29 is 13.2 Å². The van der Waals surface area contributed by atoms with Gasteiger partial charge in [0.2, 0.25) is 0 Å². The van der Waals surface area contributed by atoms with E-state index in [1.165, 1.54) is 0 Å². The highest BCUT2D eigenvalue weighted by atomic mass is 32.2. The van der Waals surface area contributed by atoms with Crippen molar-refractivity contribution in [2.24, 2.45) is 0 Å². The molecule has 0 unspecified atom stereocenters. The molecule has 0 aliphatic heterocycles. The van der Waals surface area contributed by atoms with Crippen LogP contribution < -0.4 is 10.5 Å². The quantitative estimate of drug-likeness (QED) is 0.451. The number of rotatable bonds is 8. The zero-order valence-corrected chi connectivity index (χ0v) is 12.1. The number of nitrogens with two attached hydrogens (primary N) is 1. The predicted octanol–water partition coefficient (Wildman–Crippen LogP) is 2.20. The Kier molecular flexibility index (Phi) is 5.89. The average Bonchev–Trinajstić information content (AvgIpc) is 2.37. The first-order valence-electron chi connectivity index (χ1n) is 6.31. The molecule has 1 aromatic carbocycles. The van der Waals surface area contributed by atoms with Crippen LogP contribution in [0.4, 0.5) is 5.69 Å². The number of hydrogen-bond acceptors (Lipinski definition) is 4. The SMILES string of the molecule is C=CCc1cc(N)ccc1OCCCS(=O)(=O)CC. The summed E-state index contributed by atoms with van der Waals surface area (Å²) in [6.07, 6.45) is 2.95.